The lowest BCUT2D eigenvalue weighted by Gasteiger charge is -2.34. The van der Waals surface area contributed by atoms with Gasteiger partial charge in [0.2, 0.25) is 5.95 Å². The molecule has 2 atom stereocenters. The van der Waals surface area contributed by atoms with E-state index in [1.807, 2.05) is 23.1 Å². The van der Waals surface area contributed by atoms with E-state index in [1.165, 1.54) is 0 Å². The molecule has 0 saturated carbocycles. The maximum Gasteiger partial charge on any atom is 0.328 e. The topological polar surface area (TPSA) is 108 Å². The number of piperidine rings is 1. The van der Waals surface area contributed by atoms with E-state index in [-0.39, 0.29) is 5.69 Å². The molecular formula is C23H31ClN6O3. The number of imidazole rings is 1. The normalized spacial score (nSPS) is 19.3. The highest BCUT2D eigenvalue weighted by molar-refractivity contribution is 6.32. The fourth-order valence-electron chi connectivity index (χ4n) is 4.31. The summed E-state index contributed by atoms with van der Waals surface area (Å²) in [6.45, 7) is 7.20. The summed E-state index contributed by atoms with van der Waals surface area (Å²) in [6, 6.07) is 5.62. The molecule has 3 N–H and O–H groups in total. The van der Waals surface area contributed by atoms with E-state index in [4.69, 9.17) is 11.6 Å². The van der Waals surface area contributed by atoms with Gasteiger partial charge in [-0.2, -0.15) is 4.98 Å². The van der Waals surface area contributed by atoms with Crippen molar-refractivity contribution in [3.05, 3.63) is 39.9 Å². The van der Waals surface area contributed by atoms with E-state index in [9.17, 15) is 15.0 Å². The van der Waals surface area contributed by atoms with Gasteiger partial charge in [0, 0.05) is 32.4 Å². The molecule has 178 valence electrons. The maximum absolute atomic E-state index is 12.8. The number of hydrogen-bond acceptors (Lipinski definition) is 7. The van der Waals surface area contributed by atoms with Gasteiger partial charge >= 0.3 is 5.69 Å². The Bertz CT molecular complexity index is 1210. The first kappa shape index (κ1) is 23.5. The number of aliphatic hydroxyl groups is 2. The van der Waals surface area contributed by atoms with E-state index in [0.29, 0.717) is 42.2 Å². The first-order valence-electron chi connectivity index (χ1n) is 11.2. The Kier molecular flexibility index (Phi) is 6.39. The molecule has 0 amide bonds. The molecule has 0 unspecified atom stereocenters. The number of aromatic nitrogens is 4. The first-order valence-corrected chi connectivity index (χ1v) is 11.5. The van der Waals surface area contributed by atoms with Crippen molar-refractivity contribution in [1.29, 1.82) is 0 Å². The molecule has 0 radical (unpaired) electrons. The lowest BCUT2D eigenvalue weighted by Crippen LogP contribution is -2.43. The largest absolute Gasteiger partial charge is 0.391 e. The second-order valence-electron chi connectivity index (χ2n) is 9.65. The molecule has 1 saturated heterocycles. The van der Waals surface area contributed by atoms with Crippen molar-refractivity contribution in [2.24, 2.45) is 13.0 Å². The highest BCUT2D eigenvalue weighted by atomic mass is 35.5. The Morgan fingerprint density at radius 1 is 1.27 bits per heavy atom. The molecule has 0 spiro atoms. The Morgan fingerprint density at radius 3 is 2.73 bits per heavy atom. The molecule has 3 aromatic rings. The van der Waals surface area contributed by atoms with Crippen LogP contribution >= 0.6 is 11.6 Å². The van der Waals surface area contributed by atoms with Crippen LogP contribution in [-0.2, 0) is 13.6 Å². The number of nitrogens with zero attached hydrogens (tertiary/aromatic N) is 5. The Hall–Kier alpha value is -2.62. The van der Waals surface area contributed by atoms with Gasteiger partial charge in [-0.1, -0.05) is 18.5 Å². The monoisotopic (exact) mass is 474 g/mol. The van der Waals surface area contributed by atoms with Gasteiger partial charge in [0.25, 0.3) is 0 Å². The van der Waals surface area contributed by atoms with Crippen molar-refractivity contribution >= 4 is 40.1 Å². The van der Waals surface area contributed by atoms with Crippen LogP contribution in [0.2, 0.25) is 5.02 Å². The standard InChI is InChI=1S/C23H31ClN6O3/c1-14-9-16(31)13-29(12-14)21-25-11-17(24)20(27-21)26-15-5-6-18-19(10-15)30(22(32)28(18)4)8-7-23(2,3)33/h5-6,10-11,14,16,31,33H,7-9,12-13H2,1-4H3,(H,25,26,27)/t14-,16+/m1/s1. The van der Waals surface area contributed by atoms with Crippen LogP contribution in [0.25, 0.3) is 11.0 Å². The molecule has 1 aromatic carbocycles. The fraction of sp³-hybridized carbons (Fsp3) is 0.522. The molecule has 9 nitrogen and oxygen atoms in total. The average Bonchev–Trinajstić information content (AvgIpc) is 2.96. The van der Waals surface area contributed by atoms with Crippen LogP contribution in [0.1, 0.15) is 33.6 Å². The van der Waals surface area contributed by atoms with Crippen LogP contribution in [0, 0.1) is 5.92 Å². The second-order valence-corrected chi connectivity index (χ2v) is 10.1. The number of benzene rings is 1. The number of aryl methyl sites for hydroxylation is 2. The molecular weight excluding hydrogens is 444 g/mol. The predicted molar refractivity (Wildman–Crippen MR) is 130 cm³/mol. The summed E-state index contributed by atoms with van der Waals surface area (Å²) in [6.07, 6.45) is 2.36. The molecule has 1 aliphatic rings. The fourth-order valence-corrected chi connectivity index (χ4v) is 4.44. The zero-order valence-electron chi connectivity index (χ0n) is 19.4. The van der Waals surface area contributed by atoms with Crippen molar-refractivity contribution in [2.75, 3.05) is 23.3 Å². The number of hydrogen-bond donors (Lipinski definition) is 3. The Labute approximate surface area is 197 Å². The number of rotatable bonds is 6. The number of anilines is 3. The van der Waals surface area contributed by atoms with E-state index in [0.717, 1.165) is 29.7 Å². The molecule has 10 heteroatoms. The molecule has 1 fully saturated rings. The summed E-state index contributed by atoms with van der Waals surface area (Å²) in [5.41, 5.74) is 1.28. The Morgan fingerprint density at radius 2 is 2.03 bits per heavy atom. The van der Waals surface area contributed by atoms with Crippen molar-refractivity contribution in [2.45, 2.75) is 51.9 Å². The SMILES string of the molecule is C[C@@H]1C[C@H](O)CN(c2ncc(Cl)c(Nc3ccc4c(c3)n(CCC(C)(C)O)c(=O)n4C)n2)C1. The van der Waals surface area contributed by atoms with Gasteiger partial charge in [-0.25, -0.2) is 9.78 Å². The lowest BCUT2D eigenvalue weighted by atomic mass is 9.98. The van der Waals surface area contributed by atoms with Gasteiger partial charge in [-0.15, -0.1) is 0 Å². The molecule has 0 aliphatic carbocycles. The number of β-amino-alcohol motifs (C(OH)–C–C–N with tert-alkyl or cyclic N) is 1. The molecule has 33 heavy (non-hydrogen) atoms. The van der Waals surface area contributed by atoms with Crippen LogP contribution < -0.4 is 15.9 Å². The number of nitrogens with one attached hydrogen (secondary N) is 1. The van der Waals surface area contributed by atoms with Gasteiger partial charge < -0.3 is 20.4 Å². The van der Waals surface area contributed by atoms with Gasteiger partial charge in [0.05, 0.1) is 28.9 Å². The second kappa shape index (κ2) is 8.96. The van der Waals surface area contributed by atoms with Crippen LogP contribution in [0.15, 0.2) is 29.2 Å². The summed E-state index contributed by atoms with van der Waals surface area (Å²) in [7, 11) is 1.74. The molecule has 4 rings (SSSR count). The highest BCUT2D eigenvalue weighted by Gasteiger charge is 2.25. The van der Waals surface area contributed by atoms with Gasteiger partial charge in [0.1, 0.15) is 5.02 Å². The summed E-state index contributed by atoms with van der Waals surface area (Å²) in [4.78, 5) is 23.7. The average molecular weight is 475 g/mol. The minimum Gasteiger partial charge on any atom is -0.391 e. The smallest absolute Gasteiger partial charge is 0.328 e. The lowest BCUT2D eigenvalue weighted by molar-refractivity contribution is 0.0662. The van der Waals surface area contributed by atoms with Crippen LogP contribution in [0.4, 0.5) is 17.5 Å². The minimum absolute atomic E-state index is 0.133. The van der Waals surface area contributed by atoms with Crippen molar-refractivity contribution in [3.8, 4) is 0 Å². The predicted octanol–water partition coefficient (Wildman–Crippen LogP) is 2.90. The van der Waals surface area contributed by atoms with Crippen molar-refractivity contribution < 1.29 is 10.2 Å². The molecule has 0 bridgehead atoms. The summed E-state index contributed by atoms with van der Waals surface area (Å²) < 4.78 is 3.27. The maximum atomic E-state index is 12.8. The van der Waals surface area contributed by atoms with Gasteiger partial charge in [-0.05, 0) is 50.8 Å². The van der Waals surface area contributed by atoms with E-state index >= 15 is 0 Å². The summed E-state index contributed by atoms with van der Waals surface area (Å²) in [5.74, 6) is 1.30. The van der Waals surface area contributed by atoms with Crippen molar-refractivity contribution in [1.82, 2.24) is 19.1 Å². The quantitative estimate of drug-likeness (QED) is 0.504. The van der Waals surface area contributed by atoms with Crippen LogP contribution in [0.3, 0.4) is 0 Å². The van der Waals surface area contributed by atoms with E-state index in [1.54, 1.807) is 36.2 Å². The molecule has 3 heterocycles. The van der Waals surface area contributed by atoms with E-state index in [2.05, 4.69) is 22.2 Å². The third-order valence-electron chi connectivity index (χ3n) is 6.01. The van der Waals surface area contributed by atoms with Crippen molar-refractivity contribution in [3.63, 3.8) is 0 Å². The zero-order chi connectivity index (χ0) is 23.9. The summed E-state index contributed by atoms with van der Waals surface area (Å²) >= 11 is 6.38. The Balaban J connectivity index is 1.64. The summed E-state index contributed by atoms with van der Waals surface area (Å²) in [5, 5.41) is 23.9. The zero-order valence-corrected chi connectivity index (χ0v) is 20.2. The minimum atomic E-state index is -0.873. The van der Waals surface area contributed by atoms with E-state index < -0.39 is 11.7 Å². The number of halogens is 1. The highest BCUT2D eigenvalue weighted by Crippen LogP contribution is 2.28. The number of aliphatic hydroxyl groups excluding tert-OH is 1. The third-order valence-corrected chi connectivity index (χ3v) is 6.28. The van der Waals surface area contributed by atoms with Gasteiger partial charge in [0.15, 0.2) is 5.82 Å². The molecule has 1 aliphatic heterocycles. The number of fused-ring (bicyclic) bond motifs is 1. The first-order chi connectivity index (χ1) is 15.5. The third kappa shape index (κ3) is 5.15. The van der Waals surface area contributed by atoms with Crippen LogP contribution in [-0.4, -0.2) is 54.1 Å². The van der Waals surface area contributed by atoms with Crippen LogP contribution in [0.5, 0.6) is 0 Å². The molecule has 2 aromatic heterocycles. The van der Waals surface area contributed by atoms with Gasteiger partial charge in [-0.3, -0.25) is 9.13 Å².